The predicted molar refractivity (Wildman–Crippen MR) is 243 cm³/mol. The lowest BCUT2D eigenvalue weighted by Crippen LogP contribution is -2.67. The second-order valence-corrected chi connectivity index (χ2v) is 18.3. The minimum Gasteiger partial charge on any atom is -0.494 e. The molecule has 2 N–H and O–H groups in total. The van der Waals surface area contributed by atoms with Crippen molar-refractivity contribution in [3.8, 4) is 11.5 Å². The maximum Gasteiger partial charge on any atom is 0.353 e. The van der Waals surface area contributed by atoms with Gasteiger partial charge in [-0.3, -0.25) is 0 Å². The minimum absolute atomic E-state index is 0.0117. The van der Waals surface area contributed by atoms with Crippen LogP contribution in [0.5, 0.6) is 11.5 Å². The quantitative estimate of drug-likeness (QED) is 0.0598. The Balaban J connectivity index is 1.33. The number of unbranched alkanes of at least 4 members (excludes halogenated alkanes) is 4. The van der Waals surface area contributed by atoms with Crippen LogP contribution in [0, 0.1) is 23.7 Å². The Hall–Kier alpha value is -4.08. The van der Waals surface area contributed by atoms with E-state index in [1.54, 1.807) is 38.1 Å². The Morgan fingerprint density at radius 3 is 1.05 bits per heavy atom. The average Bonchev–Trinajstić information content (AvgIpc) is 3.27. The third kappa shape index (κ3) is 14.8. The first-order valence-electron chi connectivity index (χ1n) is 24.4. The highest BCUT2D eigenvalue weighted by atomic mass is 16.6. The maximum absolute atomic E-state index is 13.7. The molecule has 0 amide bonds. The van der Waals surface area contributed by atoms with E-state index < -0.39 is 47.9 Å². The fraction of sp³-hybridized carbons (Fsp3) is 0.692. The normalized spacial score (nSPS) is 20.9. The fourth-order valence-corrected chi connectivity index (χ4v) is 9.94. The summed E-state index contributed by atoms with van der Waals surface area (Å²) in [5.74, 6) is -1.19. The number of rotatable bonds is 29. The first kappa shape index (κ1) is 50.6. The van der Waals surface area contributed by atoms with Crippen LogP contribution in [0.1, 0.15) is 203 Å². The number of carbonyl (C=O) groups excluding carboxylic acids is 2. The van der Waals surface area contributed by atoms with E-state index in [0.717, 1.165) is 49.4 Å². The lowest BCUT2D eigenvalue weighted by Gasteiger charge is -2.43. The van der Waals surface area contributed by atoms with Crippen molar-refractivity contribution < 1.29 is 48.3 Å². The molecule has 0 bridgehead atoms. The lowest BCUT2D eigenvalue weighted by atomic mass is 9.75. The van der Waals surface area contributed by atoms with Gasteiger partial charge in [0.15, 0.2) is 0 Å². The second-order valence-electron chi connectivity index (χ2n) is 18.3. The Kier molecular flexibility index (Phi) is 21.6. The van der Waals surface area contributed by atoms with Crippen LogP contribution >= 0.6 is 0 Å². The molecule has 10 heteroatoms. The summed E-state index contributed by atoms with van der Waals surface area (Å²) in [6.07, 6.45) is 24.6. The highest BCUT2D eigenvalue weighted by molar-refractivity contribution is 5.99. The van der Waals surface area contributed by atoms with E-state index in [1.165, 1.54) is 127 Å². The van der Waals surface area contributed by atoms with Crippen LogP contribution < -0.4 is 9.47 Å². The molecular weight excluding hydrogens is 785 g/mol. The van der Waals surface area contributed by atoms with Crippen LogP contribution in [-0.2, 0) is 19.1 Å². The van der Waals surface area contributed by atoms with Gasteiger partial charge in [-0.1, -0.05) is 143 Å². The summed E-state index contributed by atoms with van der Waals surface area (Å²) in [4.78, 5) is 54.0. The van der Waals surface area contributed by atoms with Gasteiger partial charge in [0, 0.05) is 12.8 Å². The molecule has 62 heavy (non-hydrogen) atoms. The Labute approximate surface area is 372 Å². The van der Waals surface area contributed by atoms with E-state index in [2.05, 4.69) is 13.8 Å². The highest BCUT2D eigenvalue weighted by Gasteiger charge is 2.67. The van der Waals surface area contributed by atoms with Gasteiger partial charge in [-0.25, -0.2) is 19.2 Å². The number of hydrogen-bond acceptors (Lipinski definition) is 8. The Bertz CT molecular complexity index is 1500. The SMILES string of the molecule is CCCCCC1CCC(CCCOc2ccc(C(=O)O[C@@](CCC)(C(=O)O)[C@@](CCC)(OC(=O)c3ccc(OCCCC4CCC(CCCCC)CC4)cc3)C(=O)O)cc2)CC1. The molecule has 2 saturated carbocycles. The molecule has 0 saturated heterocycles. The molecule has 0 aromatic heterocycles. The molecule has 0 spiro atoms. The van der Waals surface area contributed by atoms with Crippen molar-refractivity contribution in [2.24, 2.45) is 23.7 Å². The standard InChI is InChI=1S/C52H78O10/c1-5-9-11-15-39-19-23-41(24-20-39)17-13-37-59-45-31-27-43(28-32-45)47(53)61-51(35-7-3,49(55)56)52(36-8-4,50(57)58)62-48(54)44-29-33-46(34-30-44)60-38-14-18-42-25-21-40(22-26-42)16-12-10-6-2/h27-34,39-42H,5-26,35-38H2,1-4H3,(H,55,56)(H,57,58)/t39?,40?,41?,42?,51-,52-/m0/s1. The predicted octanol–water partition coefficient (Wildman–Crippen LogP) is 13.0. The summed E-state index contributed by atoms with van der Waals surface area (Å²) < 4.78 is 23.5. The number of hydrogen-bond donors (Lipinski definition) is 2. The zero-order valence-corrected chi connectivity index (χ0v) is 38.5. The van der Waals surface area contributed by atoms with Gasteiger partial charge in [0.25, 0.3) is 11.2 Å². The molecule has 2 fully saturated rings. The number of carbonyl (C=O) groups is 4. The molecule has 2 aromatic rings. The third-order valence-corrected chi connectivity index (χ3v) is 13.7. The highest BCUT2D eigenvalue weighted by Crippen LogP contribution is 2.41. The lowest BCUT2D eigenvalue weighted by molar-refractivity contribution is -0.210. The molecule has 0 unspecified atom stereocenters. The van der Waals surface area contributed by atoms with Gasteiger partial charge in [-0.15, -0.1) is 0 Å². The number of esters is 2. The van der Waals surface area contributed by atoms with E-state index in [0.29, 0.717) is 24.7 Å². The second kappa shape index (κ2) is 26.5. The number of ether oxygens (including phenoxy) is 4. The summed E-state index contributed by atoms with van der Waals surface area (Å²) in [6, 6.07) is 12.3. The van der Waals surface area contributed by atoms with Crippen LogP contribution in [0.25, 0.3) is 0 Å². The topological polar surface area (TPSA) is 146 Å². The maximum atomic E-state index is 13.7. The zero-order valence-electron chi connectivity index (χ0n) is 38.5. The van der Waals surface area contributed by atoms with Crippen molar-refractivity contribution in [2.45, 2.75) is 193 Å². The minimum atomic E-state index is -2.74. The van der Waals surface area contributed by atoms with Gasteiger partial charge in [0.05, 0.1) is 24.3 Å². The van der Waals surface area contributed by atoms with Gasteiger partial charge in [0.2, 0.25) is 0 Å². The van der Waals surface area contributed by atoms with Crippen LogP contribution in [0.2, 0.25) is 0 Å². The van der Waals surface area contributed by atoms with E-state index in [9.17, 15) is 29.4 Å². The number of carboxylic acid groups (broad SMARTS) is 2. The smallest absolute Gasteiger partial charge is 0.353 e. The van der Waals surface area contributed by atoms with Gasteiger partial charge in [-0.2, -0.15) is 0 Å². The first-order chi connectivity index (χ1) is 30.0. The molecule has 4 rings (SSSR count). The van der Waals surface area contributed by atoms with Crippen molar-refractivity contribution in [2.75, 3.05) is 13.2 Å². The van der Waals surface area contributed by atoms with Crippen LogP contribution in [0.15, 0.2) is 48.5 Å². The van der Waals surface area contributed by atoms with Crippen molar-refractivity contribution in [1.82, 2.24) is 0 Å². The van der Waals surface area contributed by atoms with Crippen LogP contribution in [-0.4, -0.2) is 58.5 Å². The molecule has 2 aromatic carbocycles. The molecule has 2 aliphatic carbocycles. The van der Waals surface area contributed by atoms with E-state index in [-0.39, 0.29) is 24.0 Å². The van der Waals surface area contributed by atoms with Crippen LogP contribution in [0.3, 0.4) is 0 Å². The summed E-state index contributed by atoms with van der Waals surface area (Å²) in [7, 11) is 0. The molecule has 2 aliphatic rings. The van der Waals surface area contributed by atoms with Crippen molar-refractivity contribution >= 4 is 23.9 Å². The number of aliphatic carboxylic acids is 2. The van der Waals surface area contributed by atoms with Crippen molar-refractivity contribution in [3.05, 3.63) is 59.7 Å². The van der Waals surface area contributed by atoms with Gasteiger partial charge in [0.1, 0.15) is 11.5 Å². The number of carboxylic acids is 2. The molecule has 0 aliphatic heterocycles. The van der Waals surface area contributed by atoms with E-state index in [1.807, 2.05) is 0 Å². The monoisotopic (exact) mass is 863 g/mol. The first-order valence-corrected chi connectivity index (χ1v) is 24.4. The molecule has 0 radical (unpaired) electrons. The zero-order chi connectivity index (χ0) is 44.8. The molecule has 0 heterocycles. The molecule has 346 valence electrons. The van der Waals surface area contributed by atoms with E-state index in [4.69, 9.17) is 18.9 Å². The average molecular weight is 863 g/mol. The van der Waals surface area contributed by atoms with E-state index >= 15 is 0 Å². The molecule has 2 atom stereocenters. The summed E-state index contributed by atoms with van der Waals surface area (Å²) >= 11 is 0. The molecule has 10 nitrogen and oxygen atoms in total. The van der Waals surface area contributed by atoms with Gasteiger partial charge >= 0.3 is 23.9 Å². The summed E-state index contributed by atoms with van der Waals surface area (Å²) in [5, 5.41) is 21.5. The Morgan fingerprint density at radius 1 is 0.468 bits per heavy atom. The third-order valence-electron chi connectivity index (χ3n) is 13.7. The fourth-order valence-electron chi connectivity index (χ4n) is 9.94. The van der Waals surface area contributed by atoms with Gasteiger partial charge in [-0.05, 0) is 97.9 Å². The van der Waals surface area contributed by atoms with Crippen LogP contribution in [0.4, 0.5) is 0 Å². The Morgan fingerprint density at radius 2 is 0.774 bits per heavy atom. The van der Waals surface area contributed by atoms with Gasteiger partial charge < -0.3 is 29.2 Å². The van der Waals surface area contributed by atoms with Crippen molar-refractivity contribution in [1.29, 1.82) is 0 Å². The summed E-state index contributed by atoms with van der Waals surface area (Å²) in [5.41, 5.74) is -5.45. The number of benzene rings is 2. The molecular formula is C52H78O10. The summed E-state index contributed by atoms with van der Waals surface area (Å²) in [6.45, 7) is 8.88. The van der Waals surface area contributed by atoms with Crippen molar-refractivity contribution in [3.63, 3.8) is 0 Å². The largest absolute Gasteiger partial charge is 0.494 e.